The first-order valence-electron chi connectivity index (χ1n) is 3.53. The molecule has 1 aliphatic carbocycles. The van der Waals surface area contributed by atoms with Crippen LogP contribution in [-0.4, -0.2) is 5.71 Å². The molecule has 0 radical (unpaired) electrons. The van der Waals surface area contributed by atoms with E-state index in [4.69, 9.17) is 28.5 Å². The highest BCUT2D eigenvalue weighted by Gasteiger charge is 2.24. The van der Waals surface area contributed by atoms with Crippen molar-refractivity contribution >= 4 is 50.7 Å². The van der Waals surface area contributed by atoms with Gasteiger partial charge in [-0.25, -0.2) is 4.40 Å². The maximum absolute atomic E-state index is 8.90. The zero-order valence-electron chi connectivity index (χ0n) is 6.62. The van der Waals surface area contributed by atoms with Crippen molar-refractivity contribution in [3.05, 3.63) is 32.7 Å². The molecule has 2 nitrogen and oxygen atoms in total. The van der Waals surface area contributed by atoms with Crippen molar-refractivity contribution in [3.63, 3.8) is 0 Å². The second-order valence-corrected chi connectivity index (χ2v) is 5.17. The molecule has 0 saturated heterocycles. The smallest absolute Gasteiger partial charge is 0.106 e. The Kier molecular flexibility index (Phi) is 2.93. The van der Waals surface area contributed by atoms with Crippen LogP contribution in [0.5, 0.6) is 0 Å². The van der Waals surface area contributed by atoms with E-state index in [0.29, 0.717) is 21.3 Å². The normalized spacial score (nSPS) is 20.5. The van der Waals surface area contributed by atoms with Crippen molar-refractivity contribution in [1.82, 2.24) is 0 Å². The molecule has 0 spiro atoms. The van der Waals surface area contributed by atoms with Crippen LogP contribution in [0, 0.1) is 11.3 Å². The van der Waals surface area contributed by atoms with Gasteiger partial charge in [0.1, 0.15) is 11.8 Å². The van der Waals surface area contributed by atoms with E-state index in [-0.39, 0.29) is 0 Å². The van der Waals surface area contributed by atoms with E-state index in [2.05, 4.69) is 10.5 Å². The van der Waals surface area contributed by atoms with Crippen LogP contribution in [0.25, 0.3) is 0 Å². The number of hydrogen-bond acceptors (Lipinski definition) is 4. The number of hydrogen-bond donors (Lipinski definition) is 0. The van der Waals surface area contributed by atoms with Crippen LogP contribution < -0.4 is 0 Å². The van der Waals surface area contributed by atoms with Crippen LogP contribution in [-0.2, 0) is 0 Å². The third-order valence-electron chi connectivity index (χ3n) is 1.60. The number of nitrogens with zero attached hydrogens (tertiary/aromatic N) is 2. The Hall–Kier alpha value is -0.340. The van der Waals surface area contributed by atoms with Crippen molar-refractivity contribution in [2.45, 2.75) is 0 Å². The predicted molar refractivity (Wildman–Crippen MR) is 63.1 cm³/mol. The Balaban J connectivity index is 2.61. The number of rotatable bonds is 0. The highest BCUT2D eigenvalue weighted by molar-refractivity contribution is 8.78. The molecular weight excluding hydrogens is 259 g/mol. The Morgan fingerprint density at radius 2 is 2.14 bits per heavy atom. The monoisotopic (exact) mass is 260 g/mol. The minimum absolute atomic E-state index is 0.446. The van der Waals surface area contributed by atoms with E-state index in [1.54, 1.807) is 12.2 Å². The summed E-state index contributed by atoms with van der Waals surface area (Å²) in [6.45, 7) is 0. The van der Waals surface area contributed by atoms with Crippen LogP contribution >= 0.6 is 45.0 Å². The average molecular weight is 261 g/mol. The maximum atomic E-state index is 8.90. The van der Waals surface area contributed by atoms with Crippen LogP contribution in [0.1, 0.15) is 0 Å². The highest BCUT2D eigenvalue weighted by atomic mass is 35.5. The first-order chi connectivity index (χ1) is 6.72. The second kappa shape index (κ2) is 4.03. The number of allylic oxidation sites excluding steroid dienone is 6. The quantitative estimate of drug-likeness (QED) is 0.492. The first-order valence-corrected chi connectivity index (χ1v) is 6.40. The fraction of sp³-hybridized carbons (Fsp3) is 0. The maximum Gasteiger partial charge on any atom is 0.106 e. The standard InChI is InChI=1S/C8H2Cl2N2S2/c9-5-1-4(3-11)7-8(6(10)2-5)13-14-12-7/h1-2H. The van der Waals surface area contributed by atoms with Gasteiger partial charge in [-0.15, -0.1) is 0 Å². The summed E-state index contributed by atoms with van der Waals surface area (Å²) in [5.74, 6) is 0. The lowest BCUT2D eigenvalue weighted by molar-refractivity contribution is 1.51. The summed E-state index contributed by atoms with van der Waals surface area (Å²) in [4.78, 5) is 0.806. The van der Waals surface area contributed by atoms with E-state index in [0.717, 1.165) is 4.91 Å². The molecule has 2 rings (SSSR count). The molecule has 6 heteroatoms. The van der Waals surface area contributed by atoms with Gasteiger partial charge in [-0.3, -0.25) is 0 Å². The molecule has 0 aromatic rings. The fourth-order valence-corrected chi connectivity index (χ4v) is 3.62. The van der Waals surface area contributed by atoms with E-state index in [9.17, 15) is 0 Å². The molecule has 0 saturated carbocycles. The summed E-state index contributed by atoms with van der Waals surface area (Å²) < 4.78 is 4.13. The first kappa shape index (κ1) is 10.2. The summed E-state index contributed by atoms with van der Waals surface area (Å²) >= 11 is 11.8. The Labute approximate surface area is 98.9 Å². The van der Waals surface area contributed by atoms with Gasteiger partial charge in [0.25, 0.3) is 0 Å². The molecule has 70 valence electrons. The van der Waals surface area contributed by atoms with Crippen LogP contribution in [0.15, 0.2) is 37.1 Å². The summed E-state index contributed by atoms with van der Waals surface area (Å²) in [6, 6.07) is 2.05. The van der Waals surface area contributed by atoms with Gasteiger partial charge >= 0.3 is 0 Å². The molecule has 0 aromatic carbocycles. The molecule has 2 aliphatic rings. The largest absolute Gasteiger partial charge is 0.202 e. The summed E-state index contributed by atoms with van der Waals surface area (Å²) in [5.41, 5.74) is 1.08. The molecule has 1 aliphatic heterocycles. The van der Waals surface area contributed by atoms with Crippen LogP contribution in [0.2, 0.25) is 0 Å². The average Bonchev–Trinajstić information content (AvgIpc) is 2.58. The summed E-state index contributed by atoms with van der Waals surface area (Å²) in [7, 11) is 2.75. The molecule has 0 N–H and O–H groups in total. The van der Waals surface area contributed by atoms with Crippen molar-refractivity contribution in [2.24, 2.45) is 4.40 Å². The van der Waals surface area contributed by atoms with Gasteiger partial charge in [0, 0.05) is 16.0 Å². The molecule has 0 bridgehead atoms. The number of fused-ring (bicyclic) bond motifs is 1. The Morgan fingerprint density at radius 1 is 1.36 bits per heavy atom. The molecule has 0 amide bonds. The molecule has 14 heavy (non-hydrogen) atoms. The number of nitriles is 1. The lowest BCUT2D eigenvalue weighted by Gasteiger charge is -1.97. The number of halogens is 2. The summed E-state index contributed by atoms with van der Waals surface area (Å²) in [5, 5.41) is 9.88. The minimum Gasteiger partial charge on any atom is -0.202 e. The van der Waals surface area contributed by atoms with E-state index in [1.165, 1.54) is 21.8 Å². The predicted octanol–water partition coefficient (Wildman–Crippen LogP) is 3.77. The molecule has 1 heterocycles. The topological polar surface area (TPSA) is 36.1 Å². The third kappa shape index (κ3) is 1.73. The third-order valence-corrected chi connectivity index (χ3v) is 4.09. The molecule has 0 unspecified atom stereocenters. The van der Waals surface area contributed by atoms with Gasteiger partial charge in [-0.1, -0.05) is 23.2 Å². The zero-order valence-corrected chi connectivity index (χ0v) is 9.77. The molecule has 0 atom stereocenters. The van der Waals surface area contributed by atoms with Crippen molar-refractivity contribution < 1.29 is 0 Å². The summed E-state index contributed by atoms with van der Waals surface area (Å²) in [6.07, 6.45) is 3.19. The van der Waals surface area contributed by atoms with Crippen molar-refractivity contribution in [2.75, 3.05) is 0 Å². The Bertz CT molecular complexity index is 454. The van der Waals surface area contributed by atoms with E-state index < -0.39 is 0 Å². The van der Waals surface area contributed by atoms with Gasteiger partial charge < -0.3 is 0 Å². The van der Waals surface area contributed by atoms with E-state index >= 15 is 0 Å². The molecule has 0 fully saturated rings. The van der Waals surface area contributed by atoms with E-state index in [1.807, 2.05) is 0 Å². The van der Waals surface area contributed by atoms with Crippen LogP contribution in [0.4, 0.5) is 0 Å². The molecule has 0 aromatic heterocycles. The molecular formula is C8H2Cl2N2S2. The highest BCUT2D eigenvalue weighted by Crippen LogP contribution is 2.45. The second-order valence-electron chi connectivity index (χ2n) is 2.47. The lowest BCUT2D eigenvalue weighted by Crippen LogP contribution is -1.99. The van der Waals surface area contributed by atoms with Gasteiger partial charge in [0.15, 0.2) is 0 Å². The van der Waals surface area contributed by atoms with Gasteiger partial charge in [-0.05, 0) is 22.9 Å². The SMILES string of the molecule is N#CC1=CC(Cl)=CC(Cl)=C2SSN=C12. The van der Waals surface area contributed by atoms with Gasteiger partial charge in [0.2, 0.25) is 0 Å². The fourth-order valence-electron chi connectivity index (χ4n) is 1.02. The van der Waals surface area contributed by atoms with Gasteiger partial charge in [0.05, 0.1) is 15.5 Å². The van der Waals surface area contributed by atoms with Crippen molar-refractivity contribution in [1.29, 1.82) is 5.26 Å². The Morgan fingerprint density at radius 3 is 2.86 bits per heavy atom. The van der Waals surface area contributed by atoms with Gasteiger partial charge in [-0.2, -0.15) is 5.26 Å². The minimum atomic E-state index is 0.446. The lowest BCUT2D eigenvalue weighted by atomic mass is 10.1. The zero-order chi connectivity index (χ0) is 10.1. The van der Waals surface area contributed by atoms with Crippen LogP contribution in [0.3, 0.4) is 0 Å². The van der Waals surface area contributed by atoms with Crippen molar-refractivity contribution in [3.8, 4) is 6.07 Å².